The van der Waals surface area contributed by atoms with Gasteiger partial charge in [0.25, 0.3) is 0 Å². The number of rotatable bonds is 4. The lowest BCUT2D eigenvalue weighted by Gasteiger charge is -2.37. The number of hydrogen-bond acceptors (Lipinski definition) is 1. The van der Waals surface area contributed by atoms with E-state index in [4.69, 9.17) is 0 Å². The summed E-state index contributed by atoms with van der Waals surface area (Å²) in [5.74, 6) is 0.506. The molecule has 0 aromatic carbocycles. The Morgan fingerprint density at radius 2 is 2.00 bits per heavy atom. The van der Waals surface area contributed by atoms with Gasteiger partial charge in [-0.1, -0.05) is 39.2 Å². The van der Waals surface area contributed by atoms with Crippen LogP contribution in [-0.4, -0.2) is 11.2 Å². The second-order valence-corrected chi connectivity index (χ2v) is 4.91. The molecule has 0 unspecified atom stereocenters. The Morgan fingerprint density at radius 3 is 2.43 bits per heavy atom. The van der Waals surface area contributed by atoms with Gasteiger partial charge in [0.2, 0.25) is 0 Å². The average Bonchev–Trinajstić information content (AvgIpc) is 2.28. The van der Waals surface area contributed by atoms with E-state index in [1.807, 2.05) is 6.08 Å². The van der Waals surface area contributed by atoms with Gasteiger partial charge < -0.3 is 5.11 Å². The largest absolute Gasteiger partial charge is 0.392 e. The zero-order chi connectivity index (χ0) is 10.6. The molecule has 1 nitrogen and oxygen atoms in total. The van der Waals surface area contributed by atoms with Crippen LogP contribution < -0.4 is 0 Å². The molecule has 2 atom stereocenters. The lowest BCUT2D eigenvalue weighted by molar-refractivity contribution is 0.00208. The summed E-state index contributed by atoms with van der Waals surface area (Å²) >= 11 is 0. The van der Waals surface area contributed by atoms with Crippen molar-refractivity contribution in [2.45, 2.75) is 58.5 Å². The molecule has 1 N–H and O–H groups in total. The molecule has 0 bridgehead atoms. The lowest BCUT2D eigenvalue weighted by Crippen LogP contribution is -2.37. The van der Waals surface area contributed by atoms with Gasteiger partial charge in [0, 0.05) is 5.41 Å². The van der Waals surface area contributed by atoms with Crippen LogP contribution in [0.1, 0.15) is 52.4 Å². The van der Waals surface area contributed by atoms with Crippen molar-refractivity contribution in [2.75, 3.05) is 0 Å². The Bertz CT molecular complexity index is 182. The highest BCUT2D eigenvalue weighted by molar-refractivity contribution is 4.98. The molecule has 1 rings (SSSR count). The van der Waals surface area contributed by atoms with Gasteiger partial charge in [-0.3, -0.25) is 0 Å². The normalized spacial score (nSPS) is 25.4. The van der Waals surface area contributed by atoms with Crippen LogP contribution in [0.25, 0.3) is 0 Å². The maximum absolute atomic E-state index is 10.3. The molecule has 14 heavy (non-hydrogen) atoms. The highest BCUT2D eigenvalue weighted by atomic mass is 16.3. The van der Waals surface area contributed by atoms with E-state index in [1.165, 1.54) is 32.1 Å². The summed E-state index contributed by atoms with van der Waals surface area (Å²) in [7, 11) is 0. The third kappa shape index (κ3) is 2.38. The van der Waals surface area contributed by atoms with E-state index in [1.54, 1.807) is 0 Å². The molecule has 82 valence electrons. The Labute approximate surface area is 88.2 Å². The molecule has 1 aliphatic rings. The Morgan fingerprint density at radius 1 is 1.43 bits per heavy atom. The second kappa shape index (κ2) is 4.97. The van der Waals surface area contributed by atoms with Gasteiger partial charge in [0.05, 0.1) is 6.10 Å². The molecule has 0 aromatic heterocycles. The van der Waals surface area contributed by atoms with Gasteiger partial charge in [-0.15, -0.1) is 6.58 Å². The van der Waals surface area contributed by atoms with Gasteiger partial charge in [0.15, 0.2) is 0 Å². The van der Waals surface area contributed by atoms with Crippen LogP contribution in [0.3, 0.4) is 0 Å². The Kier molecular flexibility index (Phi) is 4.18. The van der Waals surface area contributed by atoms with Crippen molar-refractivity contribution in [2.24, 2.45) is 11.3 Å². The topological polar surface area (TPSA) is 20.2 Å². The van der Waals surface area contributed by atoms with E-state index >= 15 is 0 Å². The van der Waals surface area contributed by atoms with Gasteiger partial charge in [-0.05, 0) is 25.2 Å². The molecule has 1 saturated carbocycles. The van der Waals surface area contributed by atoms with Crippen LogP contribution >= 0.6 is 0 Å². The molecule has 0 heterocycles. The van der Waals surface area contributed by atoms with Crippen molar-refractivity contribution >= 4 is 0 Å². The molecular weight excluding hydrogens is 172 g/mol. The first-order chi connectivity index (χ1) is 6.64. The van der Waals surface area contributed by atoms with Gasteiger partial charge >= 0.3 is 0 Å². The van der Waals surface area contributed by atoms with Crippen LogP contribution in [-0.2, 0) is 0 Å². The van der Waals surface area contributed by atoms with E-state index in [9.17, 15) is 5.11 Å². The van der Waals surface area contributed by atoms with Crippen molar-refractivity contribution < 1.29 is 5.11 Å². The monoisotopic (exact) mass is 196 g/mol. The molecular formula is C13H24O. The van der Waals surface area contributed by atoms with Crippen LogP contribution in [0.4, 0.5) is 0 Å². The molecule has 1 fully saturated rings. The Balaban J connectivity index is 2.60. The van der Waals surface area contributed by atoms with Gasteiger partial charge in [-0.2, -0.15) is 0 Å². The number of hydrogen-bond donors (Lipinski definition) is 1. The predicted octanol–water partition coefficient (Wildman–Crippen LogP) is 3.53. The van der Waals surface area contributed by atoms with Crippen LogP contribution in [0.5, 0.6) is 0 Å². The maximum Gasteiger partial charge on any atom is 0.0656 e. The highest BCUT2D eigenvalue weighted by Gasteiger charge is 2.34. The molecule has 1 aliphatic carbocycles. The summed E-state index contributed by atoms with van der Waals surface area (Å²) in [6.07, 6.45) is 9.05. The summed E-state index contributed by atoms with van der Waals surface area (Å²) in [5.41, 5.74) is -0.0813. The fourth-order valence-electron chi connectivity index (χ4n) is 2.46. The number of aliphatic hydroxyl groups is 1. The van der Waals surface area contributed by atoms with E-state index in [0.29, 0.717) is 5.92 Å². The summed E-state index contributed by atoms with van der Waals surface area (Å²) < 4.78 is 0. The van der Waals surface area contributed by atoms with Crippen LogP contribution in [0, 0.1) is 11.3 Å². The average molecular weight is 196 g/mol. The van der Waals surface area contributed by atoms with Crippen LogP contribution in [0.2, 0.25) is 0 Å². The fourth-order valence-corrected chi connectivity index (χ4v) is 2.46. The molecule has 0 aromatic rings. The van der Waals surface area contributed by atoms with Gasteiger partial charge in [-0.25, -0.2) is 0 Å². The minimum atomic E-state index is -0.190. The van der Waals surface area contributed by atoms with E-state index < -0.39 is 0 Å². The molecule has 0 radical (unpaired) electrons. The van der Waals surface area contributed by atoms with Crippen molar-refractivity contribution in [3.8, 4) is 0 Å². The molecule has 0 aliphatic heterocycles. The van der Waals surface area contributed by atoms with Crippen molar-refractivity contribution in [3.05, 3.63) is 12.7 Å². The molecule has 1 heteroatoms. The van der Waals surface area contributed by atoms with E-state index in [-0.39, 0.29) is 11.5 Å². The predicted molar refractivity (Wildman–Crippen MR) is 61.2 cm³/mol. The second-order valence-electron chi connectivity index (χ2n) is 4.91. The molecule has 0 amide bonds. The van der Waals surface area contributed by atoms with Crippen molar-refractivity contribution in [1.29, 1.82) is 0 Å². The van der Waals surface area contributed by atoms with E-state index in [2.05, 4.69) is 20.4 Å². The summed E-state index contributed by atoms with van der Waals surface area (Å²) in [6, 6.07) is 0. The first-order valence-electron chi connectivity index (χ1n) is 5.95. The van der Waals surface area contributed by atoms with Crippen molar-refractivity contribution in [3.63, 3.8) is 0 Å². The minimum Gasteiger partial charge on any atom is -0.392 e. The number of aliphatic hydroxyl groups excluding tert-OH is 1. The minimum absolute atomic E-state index is 0.0813. The third-order valence-electron chi connectivity index (χ3n) is 4.00. The van der Waals surface area contributed by atoms with Gasteiger partial charge in [0.1, 0.15) is 0 Å². The zero-order valence-corrected chi connectivity index (χ0v) is 9.63. The van der Waals surface area contributed by atoms with Crippen LogP contribution in [0.15, 0.2) is 12.7 Å². The zero-order valence-electron chi connectivity index (χ0n) is 9.63. The molecule has 0 spiro atoms. The summed E-state index contributed by atoms with van der Waals surface area (Å²) in [4.78, 5) is 0. The quantitative estimate of drug-likeness (QED) is 0.682. The first kappa shape index (κ1) is 11.8. The molecule has 0 saturated heterocycles. The standard InChI is InChI=1S/C13H24O/c1-4-13(3,5-2)12(14)11-9-7-6-8-10-11/h4,11-12,14H,1,5-10H2,2-3H3/t12-,13-/m1/s1. The SMILES string of the molecule is C=C[C@](C)(CC)[C@H](O)C1CCCCC1. The summed E-state index contributed by atoms with van der Waals surface area (Å²) in [6.45, 7) is 8.12. The van der Waals surface area contributed by atoms with Crippen molar-refractivity contribution in [1.82, 2.24) is 0 Å². The smallest absolute Gasteiger partial charge is 0.0656 e. The lowest BCUT2D eigenvalue weighted by atomic mass is 9.71. The summed E-state index contributed by atoms with van der Waals surface area (Å²) in [5, 5.41) is 10.3. The Hall–Kier alpha value is -0.300. The van der Waals surface area contributed by atoms with E-state index in [0.717, 1.165) is 6.42 Å². The first-order valence-corrected chi connectivity index (χ1v) is 5.95. The highest BCUT2D eigenvalue weighted by Crippen LogP contribution is 2.37. The third-order valence-corrected chi connectivity index (χ3v) is 4.00. The fraction of sp³-hybridized carbons (Fsp3) is 0.846. The maximum atomic E-state index is 10.3.